The maximum Gasteiger partial charge on any atom is 0.408 e. The van der Waals surface area contributed by atoms with Gasteiger partial charge in [-0.2, -0.15) is 0 Å². The van der Waals surface area contributed by atoms with Crippen LogP contribution in [0, 0.1) is 5.92 Å². The Labute approximate surface area is 306 Å². The molecule has 0 aliphatic carbocycles. The predicted molar refractivity (Wildman–Crippen MR) is 201 cm³/mol. The highest BCUT2D eigenvalue weighted by Crippen LogP contribution is 2.39. The Morgan fingerprint density at radius 1 is 0.925 bits per heavy atom. The number of carbonyl (C=O) groups excluding carboxylic acids is 1. The number of H-pyrrole nitrogens is 1. The molecule has 12 nitrogen and oxygen atoms in total. The topological polar surface area (TPSA) is 167 Å². The van der Waals surface area contributed by atoms with Crippen LogP contribution in [-0.4, -0.2) is 80.9 Å². The molecule has 3 fully saturated rings. The first-order valence-electron chi connectivity index (χ1n) is 17.9. The number of nitrogens with zero attached hydrogens (tertiary/aromatic N) is 2. The second kappa shape index (κ2) is 15.9. The molecule has 1 unspecified atom stereocenters. The van der Waals surface area contributed by atoms with Gasteiger partial charge in [-0.25, -0.2) is 4.79 Å². The van der Waals surface area contributed by atoms with Crippen LogP contribution in [0.25, 0.3) is 10.9 Å². The zero-order valence-electron chi connectivity index (χ0n) is 29.2. The second-order valence-electron chi connectivity index (χ2n) is 13.7. The molecule has 2 bridgehead atoms. The highest BCUT2D eigenvalue weighted by molar-refractivity contribution is 5.92. The Hall–Kier alpha value is -5.69. The Morgan fingerprint density at radius 2 is 1.68 bits per heavy atom. The molecule has 274 valence electrons. The third-order valence-electron chi connectivity index (χ3n) is 10.3. The quantitative estimate of drug-likeness (QED) is 0.0955. The number of amides is 2. The van der Waals surface area contributed by atoms with E-state index in [9.17, 15) is 29.7 Å². The minimum absolute atomic E-state index is 0.0642. The Balaban J connectivity index is 0.949. The fraction of sp³-hybridized carbons (Fsp3) is 0.293. The van der Waals surface area contributed by atoms with Gasteiger partial charge in [-0.3, -0.25) is 14.5 Å². The number of anilines is 1. The lowest BCUT2D eigenvalue weighted by atomic mass is 9.81. The number of fused-ring (bicyclic) bond motifs is 4. The van der Waals surface area contributed by atoms with Gasteiger partial charge >= 0.3 is 6.09 Å². The van der Waals surface area contributed by atoms with Gasteiger partial charge in [0.05, 0.1) is 23.7 Å². The predicted octanol–water partition coefficient (Wildman–Crippen LogP) is 5.24. The van der Waals surface area contributed by atoms with E-state index in [1.165, 1.54) is 12.1 Å². The molecule has 8 rings (SSSR count). The number of hydrogen-bond donors (Lipinski definition) is 6. The fourth-order valence-corrected chi connectivity index (χ4v) is 7.68. The molecule has 53 heavy (non-hydrogen) atoms. The molecule has 3 atom stereocenters. The van der Waals surface area contributed by atoms with Crippen molar-refractivity contribution in [3.05, 3.63) is 136 Å². The zero-order chi connectivity index (χ0) is 36.9. The monoisotopic (exact) mass is 717 g/mol. The van der Waals surface area contributed by atoms with E-state index in [0.29, 0.717) is 34.8 Å². The number of pyridine rings is 1. The number of aromatic amines is 1. The maximum absolute atomic E-state index is 12.9. The average Bonchev–Trinajstić information content (AvgIpc) is 3.18. The minimum Gasteiger partial charge on any atom is -0.506 e. The molecule has 5 aromatic rings. The molecule has 4 heterocycles. The molecule has 1 aromatic heterocycles. The number of phenols is 1. The van der Waals surface area contributed by atoms with Gasteiger partial charge in [0.15, 0.2) is 6.61 Å². The number of aromatic hydroxyl groups is 1. The number of aromatic nitrogens is 1. The highest BCUT2D eigenvalue weighted by atomic mass is 16.5. The van der Waals surface area contributed by atoms with Gasteiger partial charge in [-0.05, 0) is 90.5 Å². The van der Waals surface area contributed by atoms with E-state index >= 15 is 0 Å². The van der Waals surface area contributed by atoms with Gasteiger partial charge < -0.3 is 40.6 Å². The van der Waals surface area contributed by atoms with E-state index in [1.54, 1.807) is 35.2 Å². The number of aliphatic hydroxyl groups excluding tert-OH is 1. The fourth-order valence-electron chi connectivity index (χ4n) is 7.68. The summed E-state index contributed by atoms with van der Waals surface area (Å²) in [6, 6.07) is 29.7. The number of ether oxygens (including phenoxy) is 1. The van der Waals surface area contributed by atoms with Crippen LogP contribution in [0.15, 0.2) is 108 Å². The number of rotatable bonds is 13. The number of piperidine rings is 3. The van der Waals surface area contributed by atoms with E-state index in [4.69, 9.17) is 4.74 Å². The summed E-state index contributed by atoms with van der Waals surface area (Å²) in [4.78, 5) is 44.1. The van der Waals surface area contributed by atoms with Crippen LogP contribution < -0.4 is 20.9 Å². The van der Waals surface area contributed by atoms with Crippen molar-refractivity contribution in [3.8, 4) is 11.5 Å². The lowest BCUT2D eigenvalue weighted by Crippen LogP contribution is -2.59. The van der Waals surface area contributed by atoms with Crippen molar-refractivity contribution in [3.63, 3.8) is 0 Å². The van der Waals surface area contributed by atoms with E-state index in [0.717, 1.165) is 49.2 Å². The van der Waals surface area contributed by atoms with E-state index in [-0.39, 0.29) is 41.9 Å². The number of hydrogen-bond acceptors (Lipinski definition) is 8. The van der Waals surface area contributed by atoms with Crippen molar-refractivity contribution in [1.82, 2.24) is 20.1 Å². The second-order valence-corrected chi connectivity index (χ2v) is 13.7. The summed E-state index contributed by atoms with van der Waals surface area (Å²) in [5, 5.41) is 38.2. The minimum atomic E-state index is -0.954. The van der Waals surface area contributed by atoms with Crippen molar-refractivity contribution in [2.24, 2.45) is 5.92 Å². The molecular weight excluding hydrogens is 674 g/mol. The molecule has 0 saturated carbocycles. The zero-order valence-corrected chi connectivity index (χ0v) is 29.2. The Kier molecular flexibility index (Phi) is 10.7. The van der Waals surface area contributed by atoms with Crippen LogP contribution in [0.1, 0.15) is 47.2 Å². The third-order valence-corrected chi connectivity index (χ3v) is 10.3. The summed E-state index contributed by atoms with van der Waals surface area (Å²) < 4.78 is 5.93. The normalized spacial score (nSPS) is 19.0. The standard InChI is InChI=1S/C41H43N5O7/c47-35-15-13-32(33-14-16-37(49)44-39(33)35)36(48)23-42-22-26-9-11-30(12-10-26)43-38(50)25-53-31-8-4-7-29(21-31)40(28-5-2-1-3-6-28)46(41(51)52)34-24-45-19-17-27(34)18-20-45/h1-16,21,27,34,36,40,42,47-48H,17-20,22-25H2,(H,43,50)(H,44,49)(H,51,52)/t34-,36+,40?/m0/s1. The van der Waals surface area contributed by atoms with Crippen molar-refractivity contribution < 1.29 is 29.6 Å². The van der Waals surface area contributed by atoms with E-state index in [2.05, 4.69) is 20.5 Å². The number of nitrogens with one attached hydrogen (secondary N) is 3. The molecule has 3 saturated heterocycles. The molecule has 2 amide bonds. The van der Waals surface area contributed by atoms with Gasteiger partial charge in [0.1, 0.15) is 11.5 Å². The highest BCUT2D eigenvalue weighted by Gasteiger charge is 2.43. The molecule has 3 aliphatic heterocycles. The number of benzene rings is 4. The van der Waals surface area contributed by atoms with E-state index in [1.807, 2.05) is 60.7 Å². The number of carbonyl (C=O) groups is 2. The maximum atomic E-state index is 12.9. The molecule has 4 aromatic carbocycles. The molecule has 12 heteroatoms. The molecule has 3 aliphatic rings. The van der Waals surface area contributed by atoms with Crippen LogP contribution in [0.5, 0.6) is 11.5 Å². The number of aliphatic hydroxyl groups is 1. The number of carboxylic acid groups (broad SMARTS) is 1. The molecule has 0 radical (unpaired) electrons. The largest absolute Gasteiger partial charge is 0.506 e. The van der Waals surface area contributed by atoms with Gasteiger partial charge in [-0.1, -0.05) is 60.7 Å². The van der Waals surface area contributed by atoms with Gasteiger partial charge in [0, 0.05) is 36.8 Å². The van der Waals surface area contributed by atoms with Gasteiger partial charge in [0.2, 0.25) is 5.56 Å². The van der Waals surface area contributed by atoms with Crippen LogP contribution in [0.4, 0.5) is 10.5 Å². The van der Waals surface area contributed by atoms with Crippen LogP contribution in [-0.2, 0) is 11.3 Å². The van der Waals surface area contributed by atoms with Crippen LogP contribution >= 0.6 is 0 Å². The first-order chi connectivity index (χ1) is 25.7. The van der Waals surface area contributed by atoms with Crippen LogP contribution in [0.2, 0.25) is 0 Å². The van der Waals surface area contributed by atoms with Gasteiger partial charge in [0.25, 0.3) is 5.91 Å². The molecular formula is C41H43N5O7. The average molecular weight is 718 g/mol. The van der Waals surface area contributed by atoms with Crippen molar-refractivity contribution >= 4 is 28.6 Å². The smallest absolute Gasteiger partial charge is 0.408 e. The number of phenolic OH excluding ortho intramolecular Hbond substituents is 1. The first kappa shape index (κ1) is 35.7. The van der Waals surface area contributed by atoms with Crippen molar-refractivity contribution in [1.29, 1.82) is 0 Å². The van der Waals surface area contributed by atoms with Crippen LogP contribution in [0.3, 0.4) is 0 Å². The van der Waals surface area contributed by atoms with Gasteiger partial charge in [-0.15, -0.1) is 0 Å². The Bertz CT molecular complexity index is 2120. The van der Waals surface area contributed by atoms with Crippen molar-refractivity contribution in [2.45, 2.75) is 37.6 Å². The summed E-state index contributed by atoms with van der Waals surface area (Å²) in [6.45, 7) is 3.20. The third kappa shape index (κ3) is 8.20. The van der Waals surface area contributed by atoms with E-state index < -0.39 is 18.2 Å². The first-order valence-corrected chi connectivity index (χ1v) is 17.9. The molecule has 0 spiro atoms. The lowest BCUT2D eigenvalue weighted by Gasteiger charge is -2.50. The Morgan fingerprint density at radius 3 is 2.40 bits per heavy atom. The summed E-state index contributed by atoms with van der Waals surface area (Å²) in [6.07, 6.45) is 0.144. The summed E-state index contributed by atoms with van der Waals surface area (Å²) in [5.74, 6) is 0.378. The summed E-state index contributed by atoms with van der Waals surface area (Å²) >= 11 is 0. The SMILES string of the molecule is O=C(COc1cccc(C(c2ccccc2)N(C(=O)O)[C@H]2CN3CCC2CC3)c1)Nc1ccc(CNC[C@@H](O)c2ccc(O)c3[nH]c(=O)ccc23)cc1. The lowest BCUT2D eigenvalue weighted by molar-refractivity contribution is -0.118. The summed E-state index contributed by atoms with van der Waals surface area (Å²) in [7, 11) is 0. The summed E-state index contributed by atoms with van der Waals surface area (Å²) in [5.41, 5.74) is 3.70. The molecule has 6 N–H and O–H groups in total. The van der Waals surface area contributed by atoms with Crippen molar-refractivity contribution in [2.75, 3.05) is 38.1 Å².